The van der Waals surface area contributed by atoms with Crippen LogP contribution in [0.15, 0.2) is 35.3 Å². The van der Waals surface area contributed by atoms with Crippen LogP contribution >= 0.6 is 11.8 Å². The Morgan fingerprint density at radius 1 is 1.28 bits per heavy atom. The van der Waals surface area contributed by atoms with E-state index in [4.69, 9.17) is 0 Å². The molecule has 1 aliphatic carbocycles. The lowest BCUT2D eigenvalue weighted by atomic mass is 10.1. The first-order chi connectivity index (χ1) is 12.1. The van der Waals surface area contributed by atoms with Gasteiger partial charge in [-0.2, -0.15) is 11.8 Å². The molecule has 1 aromatic rings. The first kappa shape index (κ1) is 19.6. The van der Waals surface area contributed by atoms with E-state index < -0.39 is 0 Å². The van der Waals surface area contributed by atoms with E-state index in [-0.39, 0.29) is 12.5 Å². The third-order valence-corrected chi connectivity index (χ3v) is 5.57. The lowest BCUT2D eigenvalue weighted by molar-refractivity contribution is -0.127. The van der Waals surface area contributed by atoms with Crippen molar-refractivity contribution in [1.29, 1.82) is 0 Å². The van der Waals surface area contributed by atoms with Gasteiger partial charge in [0.2, 0.25) is 5.91 Å². The predicted molar refractivity (Wildman–Crippen MR) is 107 cm³/mol. The molecule has 25 heavy (non-hydrogen) atoms. The normalized spacial score (nSPS) is 20.4. The Hall–Kier alpha value is -1.69. The minimum Gasteiger partial charge on any atom is -0.356 e. The molecule has 1 amide bonds. The van der Waals surface area contributed by atoms with Crippen LogP contribution < -0.4 is 10.6 Å². The largest absolute Gasteiger partial charge is 0.356 e. The molecule has 0 radical (unpaired) electrons. The van der Waals surface area contributed by atoms with Crippen LogP contribution in [0, 0.1) is 0 Å². The Morgan fingerprint density at radius 2 is 2.04 bits per heavy atom. The number of thioether (sulfide) groups is 1. The summed E-state index contributed by atoms with van der Waals surface area (Å²) in [6, 6.07) is 10.8. The summed E-state index contributed by atoms with van der Waals surface area (Å²) in [5.74, 6) is 0.760. The van der Waals surface area contributed by atoms with Gasteiger partial charge in [-0.3, -0.25) is 4.79 Å². The Balaban J connectivity index is 1.89. The SMILES string of the molecule is CSC1CCC(NC(=NCC(=O)N(C)C)NCCc2ccccc2)C1. The van der Waals surface area contributed by atoms with Crippen molar-refractivity contribution < 1.29 is 4.79 Å². The molecule has 0 bridgehead atoms. The number of rotatable bonds is 7. The van der Waals surface area contributed by atoms with Crippen molar-refractivity contribution in [3.05, 3.63) is 35.9 Å². The predicted octanol–water partition coefficient (Wildman–Crippen LogP) is 2.14. The molecule has 138 valence electrons. The maximum atomic E-state index is 11.8. The van der Waals surface area contributed by atoms with Crippen LogP contribution in [0.1, 0.15) is 24.8 Å². The number of nitrogens with one attached hydrogen (secondary N) is 2. The molecule has 2 rings (SSSR count). The highest BCUT2D eigenvalue weighted by Crippen LogP contribution is 2.27. The second kappa shape index (κ2) is 10.3. The lowest BCUT2D eigenvalue weighted by Gasteiger charge is -2.18. The molecule has 6 heteroatoms. The van der Waals surface area contributed by atoms with Gasteiger partial charge < -0.3 is 15.5 Å². The highest BCUT2D eigenvalue weighted by atomic mass is 32.2. The topological polar surface area (TPSA) is 56.7 Å². The maximum absolute atomic E-state index is 11.8. The van der Waals surface area contributed by atoms with E-state index in [9.17, 15) is 4.79 Å². The van der Waals surface area contributed by atoms with Gasteiger partial charge in [0.05, 0.1) is 0 Å². The fourth-order valence-electron chi connectivity index (χ4n) is 2.89. The standard InChI is InChI=1S/C19H30N4OS/c1-23(2)18(24)14-21-19(22-16-9-10-17(13-16)25-3)20-12-11-15-7-5-4-6-8-15/h4-8,16-17H,9-14H2,1-3H3,(H2,20,21,22). The zero-order chi connectivity index (χ0) is 18.1. The van der Waals surface area contributed by atoms with Gasteiger partial charge in [0.1, 0.15) is 6.54 Å². The van der Waals surface area contributed by atoms with Crippen LogP contribution in [0.3, 0.4) is 0 Å². The average molecular weight is 363 g/mol. The number of hydrogen-bond donors (Lipinski definition) is 2. The van der Waals surface area contributed by atoms with E-state index in [1.165, 1.54) is 12.0 Å². The molecular weight excluding hydrogens is 332 g/mol. The fourth-order valence-corrected chi connectivity index (χ4v) is 3.69. The van der Waals surface area contributed by atoms with E-state index in [0.717, 1.165) is 37.0 Å². The van der Waals surface area contributed by atoms with Crippen molar-refractivity contribution >= 4 is 23.6 Å². The van der Waals surface area contributed by atoms with E-state index >= 15 is 0 Å². The molecule has 0 spiro atoms. The molecule has 2 N–H and O–H groups in total. The number of likely N-dealkylation sites (N-methyl/N-ethyl adjacent to an activating group) is 1. The number of hydrogen-bond acceptors (Lipinski definition) is 3. The number of benzene rings is 1. The number of nitrogens with zero attached hydrogens (tertiary/aromatic N) is 2. The van der Waals surface area contributed by atoms with Gasteiger partial charge in [0, 0.05) is 31.9 Å². The summed E-state index contributed by atoms with van der Waals surface area (Å²) in [4.78, 5) is 17.9. The van der Waals surface area contributed by atoms with Crippen LogP contribution in [-0.4, -0.2) is 61.5 Å². The Morgan fingerprint density at radius 3 is 2.68 bits per heavy atom. The first-order valence-corrected chi connectivity index (χ1v) is 10.2. The molecule has 5 nitrogen and oxygen atoms in total. The van der Waals surface area contributed by atoms with Gasteiger partial charge in [0.25, 0.3) is 0 Å². The van der Waals surface area contributed by atoms with Crippen molar-refractivity contribution in [2.75, 3.05) is 33.4 Å². The minimum atomic E-state index is 0.0116. The van der Waals surface area contributed by atoms with E-state index in [0.29, 0.717) is 6.04 Å². The Kier molecular flexibility index (Phi) is 8.12. The molecular formula is C19H30N4OS. The number of carbonyl (C=O) groups is 1. The van der Waals surface area contributed by atoms with Crippen molar-refractivity contribution in [3.8, 4) is 0 Å². The maximum Gasteiger partial charge on any atom is 0.243 e. The summed E-state index contributed by atoms with van der Waals surface area (Å²) in [5, 5.41) is 7.63. The zero-order valence-electron chi connectivity index (χ0n) is 15.5. The van der Waals surface area contributed by atoms with E-state index in [1.807, 2.05) is 17.8 Å². The summed E-state index contributed by atoms with van der Waals surface area (Å²) in [5.41, 5.74) is 1.29. The Bertz CT molecular complexity index is 562. The minimum absolute atomic E-state index is 0.0116. The zero-order valence-corrected chi connectivity index (χ0v) is 16.3. The number of guanidine groups is 1. The molecule has 0 saturated heterocycles. The van der Waals surface area contributed by atoms with Gasteiger partial charge in [-0.05, 0) is 37.5 Å². The second-order valence-electron chi connectivity index (χ2n) is 6.63. The van der Waals surface area contributed by atoms with Gasteiger partial charge in [0.15, 0.2) is 5.96 Å². The van der Waals surface area contributed by atoms with Crippen LogP contribution in [0.25, 0.3) is 0 Å². The third kappa shape index (κ3) is 6.98. The molecule has 2 unspecified atom stereocenters. The highest BCUT2D eigenvalue weighted by molar-refractivity contribution is 7.99. The van der Waals surface area contributed by atoms with Crippen LogP contribution in [0.5, 0.6) is 0 Å². The summed E-state index contributed by atoms with van der Waals surface area (Å²) in [6.07, 6.45) is 6.67. The molecule has 2 atom stereocenters. The van der Waals surface area contributed by atoms with Crippen molar-refractivity contribution in [1.82, 2.24) is 15.5 Å². The molecule has 1 fully saturated rings. The van der Waals surface area contributed by atoms with E-state index in [1.54, 1.807) is 19.0 Å². The molecule has 0 heterocycles. The molecule has 1 saturated carbocycles. The van der Waals surface area contributed by atoms with Gasteiger partial charge >= 0.3 is 0 Å². The van der Waals surface area contributed by atoms with Crippen molar-refractivity contribution in [2.45, 2.75) is 37.0 Å². The lowest BCUT2D eigenvalue weighted by Crippen LogP contribution is -2.44. The average Bonchev–Trinajstić information content (AvgIpc) is 3.07. The van der Waals surface area contributed by atoms with E-state index in [2.05, 4.69) is 46.1 Å². The van der Waals surface area contributed by atoms with Crippen molar-refractivity contribution in [2.24, 2.45) is 4.99 Å². The Labute approximate surface area is 155 Å². The highest BCUT2D eigenvalue weighted by Gasteiger charge is 2.24. The molecule has 0 aliphatic heterocycles. The summed E-state index contributed by atoms with van der Waals surface area (Å²) < 4.78 is 0. The molecule has 0 aromatic heterocycles. The summed E-state index contributed by atoms with van der Waals surface area (Å²) >= 11 is 1.94. The van der Waals surface area contributed by atoms with Gasteiger partial charge in [-0.25, -0.2) is 4.99 Å². The second-order valence-corrected chi connectivity index (χ2v) is 7.77. The van der Waals surface area contributed by atoms with Gasteiger partial charge in [-0.1, -0.05) is 30.3 Å². The molecule has 1 aromatic carbocycles. The molecule has 1 aliphatic rings. The van der Waals surface area contributed by atoms with Crippen LogP contribution in [-0.2, 0) is 11.2 Å². The number of amides is 1. The first-order valence-electron chi connectivity index (χ1n) is 8.90. The summed E-state index contributed by atoms with van der Waals surface area (Å²) in [6.45, 7) is 0.969. The van der Waals surface area contributed by atoms with Crippen LogP contribution in [0.2, 0.25) is 0 Å². The third-order valence-electron chi connectivity index (χ3n) is 4.48. The smallest absolute Gasteiger partial charge is 0.243 e. The quantitative estimate of drug-likeness (QED) is 0.576. The van der Waals surface area contributed by atoms with Gasteiger partial charge in [-0.15, -0.1) is 0 Å². The fraction of sp³-hybridized carbons (Fsp3) is 0.579. The van der Waals surface area contributed by atoms with Crippen molar-refractivity contribution in [3.63, 3.8) is 0 Å². The van der Waals surface area contributed by atoms with Crippen LogP contribution in [0.4, 0.5) is 0 Å². The monoisotopic (exact) mass is 362 g/mol. The number of carbonyl (C=O) groups excluding carboxylic acids is 1. The summed E-state index contributed by atoms with van der Waals surface area (Å²) in [7, 11) is 3.52. The number of aliphatic imine (C=N–C) groups is 1.